The number of hydrogen-bond donors (Lipinski definition) is 1. The SMILES string of the molecule is Cn1cc(-c2cccc(OCC(O)CN3CCc4ccccc4C3)c2)cn1. The van der Waals surface area contributed by atoms with Crippen LogP contribution in [0.15, 0.2) is 60.9 Å². The Hall–Kier alpha value is -2.63. The molecule has 5 nitrogen and oxygen atoms in total. The molecule has 1 atom stereocenters. The lowest BCUT2D eigenvalue weighted by atomic mass is 10.00. The topological polar surface area (TPSA) is 50.5 Å². The van der Waals surface area contributed by atoms with Crippen LogP contribution in [0.25, 0.3) is 11.1 Å². The van der Waals surface area contributed by atoms with Crippen LogP contribution < -0.4 is 4.74 Å². The summed E-state index contributed by atoms with van der Waals surface area (Å²) in [6.45, 7) is 2.78. The molecule has 2 heterocycles. The Morgan fingerprint density at radius 3 is 2.78 bits per heavy atom. The molecule has 0 fully saturated rings. The predicted octanol–water partition coefficient (Wildman–Crippen LogP) is 2.89. The number of aryl methyl sites for hydroxylation is 1. The number of β-amino-alcohol motifs (C(OH)–C–C–N with tert-alkyl or cyclic N) is 1. The highest BCUT2D eigenvalue weighted by Crippen LogP contribution is 2.23. The molecule has 1 aromatic heterocycles. The summed E-state index contributed by atoms with van der Waals surface area (Å²) in [6.07, 6.45) is 4.33. The highest BCUT2D eigenvalue weighted by molar-refractivity contribution is 5.63. The Morgan fingerprint density at radius 1 is 1.11 bits per heavy atom. The molecule has 2 aromatic carbocycles. The van der Waals surface area contributed by atoms with Crippen molar-refractivity contribution in [2.45, 2.75) is 19.1 Å². The van der Waals surface area contributed by atoms with Crippen molar-refractivity contribution in [3.05, 3.63) is 72.1 Å². The van der Waals surface area contributed by atoms with Gasteiger partial charge in [-0.1, -0.05) is 36.4 Å². The summed E-state index contributed by atoms with van der Waals surface area (Å²) >= 11 is 0. The summed E-state index contributed by atoms with van der Waals surface area (Å²) in [5.74, 6) is 0.763. The van der Waals surface area contributed by atoms with E-state index in [1.807, 2.05) is 43.7 Å². The lowest BCUT2D eigenvalue weighted by Gasteiger charge is -2.30. The van der Waals surface area contributed by atoms with Gasteiger partial charge in [-0.05, 0) is 35.2 Å². The fraction of sp³-hybridized carbons (Fsp3) is 0.318. The Bertz CT molecular complexity index is 906. The molecule has 1 aliphatic rings. The summed E-state index contributed by atoms with van der Waals surface area (Å²) < 4.78 is 7.63. The molecule has 27 heavy (non-hydrogen) atoms. The molecule has 0 bridgehead atoms. The molecule has 3 aromatic rings. The number of benzene rings is 2. The van der Waals surface area contributed by atoms with E-state index in [1.54, 1.807) is 4.68 Å². The molecular formula is C22H25N3O2. The Balaban J connectivity index is 1.31. The monoisotopic (exact) mass is 363 g/mol. The number of ether oxygens (including phenoxy) is 1. The second-order valence-corrected chi connectivity index (χ2v) is 7.15. The smallest absolute Gasteiger partial charge is 0.120 e. The van der Waals surface area contributed by atoms with Crippen LogP contribution in [0.1, 0.15) is 11.1 Å². The van der Waals surface area contributed by atoms with Crippen molar-refractivity contribution in [2.24, 2.45) is 7.05 Å². The normalized spacial score (nSPS) is 15.3. The van der Waals surface area contributed by atoms with Crippen molar-refractivity contribution in [1.82, 2.24) is 14.7 Å². The highest BCUT2D eigenvalue weighted by atomic mass is 16.5. The molecule has 1 N–H and O–H groups in total. The standard InChI is InChI=1S/C22H25N3O2/c1-24-13-20(12-23-24)18-7-4-8-22(11-18)27-16-21(26)15-25-10-9-17-5-2-3-6-19(17)14-25/h2-8,11-13,21,26H,9-10,14-16H2,1H3. The average molecular weight is 363 g/mol. The van der Waals surface area contributed by atoms with Crippen LogP contribution >= 0.6 is 0 Å². The summed E-state index contributed by atoms with van der Waals surface area (Å²) in [7, 11) is 1.90. The Labute approximate surface area is 159 Å². The number of aromatic nitrogens is 2. The van der Waals surface area contributed by atoms with Gasteiger partial charge in [0.25, 0.3) is 0 Å². The number of fused-ring (bicyclic) bond motifs is 1. The third-order valence-electron chi connectivity index (χ3n) is 4.99. The van der Waals surface area contributed by atoms with Gasteiger partial charge in [-0.3, -0.25) is 9.58 Å². The summed E-state index contributed by atoms with van der Waals surface area (Å²) in [5, 5.41) is 14.6. The minimum Gasteiger partial charge on any atom is -0.491 e. The van der Waals surface area contributed by atoms with Crippen LogP contribution in [-0.4, -0.2) is 45.6 Å². The first-order chi connectivity index (χ1) is 13.2. The minimum absolute atomic E-state index is 0.286. The lowest BCUT2D eigenvalue weighted by molar-refractivity contribution is 0.0638. The number of rotatable bonds is 6. The van der Waals surface area contributed by atoms with Gasteiger partial charge in [0.2, 0.25) is 0 Å². The molecule has 0 saturated heterocycles. The molecule has 140 valence electrons. The number of aliphatic hydroxyl groups is 1. The molecule has 1 aliphatic heterocycles. The maximum Gasteiger partial charge on any atom is 0.120 e. The number of nitrogens with zero attached hydrogens (tertiary/aromatic N) is 3. The molecule has 0 aliphatic carbocycles. The van der Waals surface area contributed by atoms with E-state index in [1.165, 1.54) is 11.1 Å². The molecule has 0 saturated carbocycles. The Kier molecular flexibility index (Phi) is 5.23. The van der Waals surface area contributed by atoms with Crippen molar-refractivity contribution in [1.29, 1.82) is 0 Å². The zero-order chi connectivity index (χ0) is 18.6. The number of aliphatic hydroxyl groups excluding tert-OH is 1. The van der Waals surface area contributed by atoms with E-state index in [4.69, 9.17) is 4.74 Å². The van der Waals surface area contributed by atoms with Crippen LogP contribution in [0.4, 0.5) is 0 Å². The molecule has 4 rings (SSSR count). The predicted molar refractivity (Wildman–Crippen MR) is 106 cm³/mol. The fourth-order valence-corrected chi connectivity index (χ4v) is 3.59. The van der Waals surface area contributed by atoms with E-state index in [-0.39, 0.29) is 6.61 Å². The van der Waals surface area contributed by atoms with E-state index in [9.17, 15) is 5.11 Å². The molecule has 0 spiro atoms. The Morgan fingerprint density at radius 2 is 1.96 bits per heavy atom. The van der Waals surface area contributed by atoms with Crippen LogP contribution in [0.2, 0.25) is 0 Å². The van der Waals surface area contributed by atoms with E-state index >= 15 is 0 Å². The van der Waals surface area contributed by atoms with Gasteiger partial charge >= 0.3 is 0 Å². The van der Waals surface area contributed by atoms with Crippen LogP contribution in [0.5, 0.6) is 5.75 Å². The lowest BCUT2D eigenvalue weighted by Crippen LogP contribution is -2.38. The first kappa shape index (κ1) is 17.8. The van der Waals surface area contributed by atoms with Crippen LogP contribution in [-0.2, 0) is 20.0 Å². The molecule has 0 radical (unpaired) electrons. The molecular weight excluding hydrogens is 338 g/mol. The average Bonchev–Trinajstić information content (AvgIpc) is 3.13. The van der Waals surface area contributed by atoms with E-state index < -0.39 is 6.10 Å². The van der Waals surface area contributed by atoms with Crippen molar-refractivity contribution < 1.29 is 9.84 Å². The summed E-state index contributed by atoms with van der Waals surface area (Å²) in [6, 6.07) is 16.4. The zero-order valence-electron chi connectivity index (χ0n) is 15.6. The third-order valence-corrected chi connectivity index (χ3v) is 4.99. The third kappa shape index (κ3) is 4.38. The first-order valence-electron chi connectivity index (χ1n) is 9.36. The van der Waals surface area contributed by atoms with Gasteiger partial charge in [-0.25, -0.2) is 0 Å². The van der Waals surface area contributed by atoms with Gasteiger partial charge in [0.15, 0.2) is 0 Å². The van der Waals surface area contributed by atoms with Crippen molar-refractivity contribution >= 4 is 0 Å². The van der Waals surface area contributed by atoms with Gasteiger partial charge in [0.05, 0.1) is 6.20 Å². The highest BCUT2D eigenvalue weighted by Gasteiger charge is 2.18. The molecule has 5 heteroatoms. The van der Waals surface area contributed by atoms with E-state index in [0.717, 1.165) is 36.4 Å². The van der Waals surface area contributed by atoms with E-state index in [2.05, 4.69) is 34.3 Å². The van der Waals surface area contributed by atoms with Crippen molar-refractivity contribution in [3.63, 3.8) is 0 Å². The molecule has 0 amide bonds. The quantitative estimate of drug-likeness (QED) is 0.732. The zero-order valence-corrected chi connectivity index (χ0v) is 15.6. The number of hydrogen-bond acceptors (Lipinski definition) is 4. The molecule has 1 unspecified atom stereocenters. The van der Waals surface area contributed by atoms with Gasteiger partial charge in [0.1, 0.15) is 18.5 Å². The maximum atomic E-state index is 10.4. The second kappa shape index (κ2) is 7.94. The van der Waals surface area contributed by atoms with Gasteiger partial charge in [-0.15, -0.1) is 0 Å². The first-order valence-corrected chi connectivity index (χ1v) is 9.36. The fourth-order valence-electron chi connectivity index (χ4n) is 3.59. The second-order valence-electron chi connectivity index (χ2n) is 7.15. The van der Waals surface area contributed by atoms with Gasteiger partial charge < -0.3 is 9.84 Å². The van der Waals surface area contributed by atoms with Gasteiger partial charge in [-0.2, -0.15) is 5.10 Å². The van der Waals surface area contributed by atoms with Crippen LogP contribution in [0.3, 0.4) is 0 Å². The van der Waals surface area contributed by atoms with Crippen molar-refractivity contribution in [3.8, 4) is 16.9 Å². The summed E-state index contributed by atoms with van der Waals surface area (Å²) in [4.78, 5) is 2.29. The summed E-state index contributed by atoms with van der Waals surface area (Å²) in [5.41, 5.74) is 4.89. The minimum atomic E-state index is -0.516. The largest absolute Gasteiger partial charge is 0.491 e. The van der Waals surface area contributed by atoms with E-state index in [0.29, 0.717) is 6.54 Å². The van der Waals surface area contributed by atoms with Gasteiger partial charge in [0, 0.05) is 38.4 Å². The van der Waals surface area contributed by atoms with Crippen LogP contribution in [0, 0.1) is 0 Å². The van der Waals surface area contributed by atoms with Crippen molar-refractivity contribution in [2.75, 3.05) is 19.7 Å². The maximum absolute atomic E-state index is 10.4.